The fraction of sp³-hybridized carbons (Fsp3) is 0.610. The SMILES string of the molecule is CN[C@@H](Cc1ccccc1)C(=O)N[C@@H](CCCCN)C(=O)N1CCC[C@H]1C(=O)CCc1ccccc1N(CCCN)C(=O)[C@H](N)CC1CCCCC1. The number of hydrogen-bond acceptors (Lipinski definition) is 8. The standard InChI is InChI=1S/C41H63N7O4/c1-45-35(29-31-16-6-3-7-17-31)39(50)46-34(19-10-11-24-42)41(52)48-26-12-21-37(48)38(49)23-22-32-18-8-9-20-36(32)47(27-13-25-43)40(51)33(44)28-30-14-4-2-5-15-30/h3,6-9,16-18,20,30,33-35,37,45H,2,4-5,10-15,19,21-29,42-44H2,1H3,(H,46,50)/t33-,34+,35+,37+/m1/s1. The molecule has 2 aromatic rings. The number of carbonyl (C=O) groups excluding carboxylic acids is 4. The summed E-state index contributed by atoms with van der Waals surface area (Å²) < 4.78 is 0. The molecule has 1 heterocycles. The van der Waals surface area contributed by atoms with Crippen molar-refractivity contribution in [1.29, 1.82) is 0 Å². The van der Waals surface area contributed by atoms with Gasteiger partial charge in [-0.05, 0) is 101 Å². The van der Waals surface area contributed by atoms with E-state index in [1.54, 1.807) is 16.8 Å². The minimum Gasteiger partial charge on any atom is -0.343 e. The van der Waals surface area contributed by atoms with Crippen molar-refractivity contribution in [3.8, 4) is 0 Å². The van der Waals surface area contributed by atoms with Gasteiger partial charge in [0.05, 0.1) is 18.1 Å². The molecule has 0 bridgehead atoms. The minimum atomic E-state index is -0.750. The third kappa shape index (κ3) is 11.9. The monoisotopic (exact) mass is 717 g/mol. The van der Waals surface area contributed by atoms with Crippen LogP contribution in [0.2, 0.25) is 0 Å². The molecule has 4 atom stereocenters. The van der Waals surface area contributed by atoms with Gasteiger partial charge in [0, 0.05) is 25.2 Å². The Morgan fingerprint density at radius 1 is 0.865 bits per heavy atom. The van der Waals surface area contributed by atoms with E-state index in [2.05, 4.69) is 10.6 Å². The molecule has 1 saturated carbocycles. The number of nitrogens with zero attached hydrogens (tertiary/aromatic N) is 2. The van der Waals surface area contributed by atoms with Crippen molar-refractivity contribution < 1.29 is 19.2 Å². The van der Waals surface area contributed by atoms with Gasteiger partial charge >= 0.3 is 0 Å². The molecule has 0 unspecified atom stereocenters. The second-order valence-corrected chi connectivity index (χ2v) is 14.6. The first-order valence-corrected chi connectivity index (χ1v) is 19.7. The summed E-state index contributed by atoms with van der Waals surface area (Å²) in [6.07, 6.45) is 11.5. The predicted octanol–water partition coefficient (Wildman–Crippen LogP) is 3.60. The van der Waals surface area contributed by atoms with Gasteiger partial charge in [-0.3, -0.25) is 19.2 Å². The molecule has 1 saturated heterocycles. The summed E-state index contributed by atoms with van der Waals surface area (Å²) in [5.74, 6) is -0.109. The summed E-state index contributed by atoms with van der Waals surface area (Å²) >= 11 is 0. The highest BCUT2D eigenvalue weighted by atomic mass is 16.2. The van der Waals surface area contributed by atoms with Crippen LogP contribution in [-0.4, -0.2) is 85.8 Å². The number of unbranched alkanes of at least 4 members (excludes halogenated alkanes) is 1. The molecule has 0 aromatic heterocycles. The molecule has 0 radical (unpaired) electrons. The predicted molar refractivity (Wildman–Crippen MR) is 208 cm³/mol. The van der Waals surface area contributed by atoms with Gasteiger partial charge in [0.2, 0.25) is 17.7 Å². The summed E-state index contributed by atoms with van der Waals surface area (Å²) in [7, 11) is 1.74. The summed E-state index contributed by atoms with van der Waals surface area (Å²) in [5, 5.41) is 6.12. The number of carbonyl (C=O) groups is 4. The lowest BCUT2D eigenvalue weighted by atomic mass is 9.84. The van der Waals surface area contributed by atoms with Crippen LogP contribution in [0.1, 0.15) is 94.6 Å². The minimum absolute atomic E-state index is 0.0151. The number of amides is 3. The van der Waals surface area contributed by atoms with Gasteiger partial charge in [0.1, 0.15) is 6.04 Å². The van der Waals surface area contributed by atoms with Crippen LogP contribution in [-0.2, 0) is 32.0 Å². The quantitative estimate of drug-likeness (QED) is 0.122. The molecular weight excluding hydrogens is 654 g/mol. The van der Waals surface area contributed by atoms with Gasteiger partial charge in [-0.15, -0.1) is 0 Å². The molecular formula is C41H63N7O4. The number of anilines is 1. The van der Waals surface area contributed by atoms with Gasteiger partial charge < -0.3 is 37.6 Å². The topological polar surface area (TPSA) is 177 Å². The van der Waals surface area contributed by atoms with Crippen molar-refractivity contribution in [2.24, 2.45) is 23.1 Å². The maximum absolute atomic E-state index is 14.1. The largest absolute Gasteiger partial charge is 0.343 e. The second-order valence-electron chi connectivity index (χ2n) is 14.6. The maximum Gasteiger partial charge on any atom is 0.245 e. The van der Waals surface area contributed by atoms with Crippen molar-refractivity contribution >= 4 is 29.2 Å². The van der Waals surface area contributed by atoms with E-state index in [-0.39, 0.29) is 29.9 Å². The fourth-order valence-electron chi connectivity index (χ4n) is 7.86. The number of aryl methyl sites for hydroxylation is 1. The second kappa shape index (κ2) is 21.8. The Morgan fingerprint density at radius 3 is 2.29 bits per heavy atom. The van der Waals surface area contributed by atoms with Gasteiger partial charge in [0.15, 0.2) is 5.78 Å². The normalized spacial score (nSPS) is 18.1. The molecule has 8 N–H and O–H groups in total. The average Bonchev–Trinajstić information content (AvgIpc) is 3.67. The zero-order valence-corrected chi connectivity index (χ0v) is 31.3. The molecule has 3 amide bonds. The van der Waals surface area contributed by atoms with Crippen LogP contribution in [0.5, 0.6) is 0 Å². The molecule has 2 aliphatic rings. The Morgan fingerprint density at radius 2 is 1.58 bits per heavy atom. The van der Waals surface area contributed by atoms with E-state index in [0.29, 0.717) is 77.0 Å². The zero-order chi connectivity index (χ0) is 37.3. The van der Waals surface area contributed by atoms with Crippen LogP contribution in [0, 0.1) is 5.92 Å². The molecule has 11 nitrogen and oxygen atoms in total. The number of rotatable bonds is 21. The Kier molecular flexibility index (Phi) is 17.2. The van der Waals surface area contributed by atoms with Crippen LogP contribution < -0.4 is 32.7 Å². The molecule has 1 aliphatic carbocycles. The summed E-state index contributed by atoms with van der Waals surface area (Å²) in [4.78, 5) is 58.8. The van der Waals surface area contributed by atoms with Crippen molar-refractivity contribution in [2.75, 3.05) is 38.1 Å². The van der Waals surface area contributed by atoms with E-state index in [1.165, 1.54) is 19.3 Å². The molecule has 1 aliphatic heterocycles. The van der Waals surface area contributed by atoms with E-state index in [1.807, 2.05) is 54.6 Å². The number of likely N-dealkylation sites (N-methyl/N-ethyl adjacent to an activating group) is 1. The maximum atomic E-state index is 14.1. The van der Waals surface area contributed by atoms with Gasteiger partial charge in [-0.2, -0.15) is 0 Å². The zero-order valence-electron chi connectivity index (χ0n) is 31.3. The van der Waals surface area contributed by atoms with Crippen molar-refractivity contribution in [3.63, 3.8) is 0 Å². The third-order valence-electron chi connectivity index (χ3n) is 10.8. The fourth-order valence-corrected chi connectivity index (χ4v) is 7.86. The third-order valence-corrected chi connectivity index (χ3v) is 10.8. The average molecular weight is 718 g/mol. The van der Waals surface area contributed by atoms with Crippen LogP contribution in [0.25, 0.3) is 0 Å². The molecule has 2 fully saturated rings. The number of hydrogen-bond donors (Lipinski definition) is 5. The van der Waals surface area contributed by atoms with E-state index in [4.69, 9.17) is 17.2 Å². The molecule has 0 spiro atoms. The van der Waals surface area contributed by atoms with Crippen molar-refractivity contribution in [1.82, 2.24) is 15.5 Å². The highest BCUT2D eigenvalue weighted by molar-refractivity contribution is 5.98. The summed E-state index contributed by atoms with van der Waals surface area (Å²) in [6.45, 7) is 1.87. The number of Topliss-reactive ketones (excluding diaryl/α,β-unsaturated/α-hetero) is 1. The van der Waals surface area contributed by atoms with Crippen molar-refractivity contribution in [2.45, 2.75) is 120 Å². The van der Waals surface area contributed by atoms with E-state index in [9.17, 15) is 19.2 Å². The van der Waals surface area contributed by atoms with Crippen LogP contribution in [0.15, 0.2) is 54.6 Å². The highest BCUT2D eigenvalue weighted by Gasteiger charge is 2.38. The van der Waals surface area contributed by atoms with Crippen LogP contribution in [0.3, 0.4) is 0 Å². The lowest BCUT2D eigenvalue weighted by Crippen LogP contribution is -2.55. The first kappa shape index (κ1) is 41.1. The van der Waals surface area contributed by atoms with Gasteiger partial charge in [-0.1, -0.05) is 80.6 Å². The molecule has 52 heavy (non-hydrogen) atoms. The lowest BCUT2D eigenvalue weighted by Gasteiger charge is -2.31. The Balaban J connectivity index is 1.43. The number of para-hydroxylation sites is 1. The first-order valence-electron chi connectivity index (χ1n) is 19.7. The molecule has 2 aromatic carbocycles. The first-order chi connectivity index (χ1) is 25.3. The molecule has 11 heteroatoms. The van der Waals surface area contributed by atoms with Gasteiger partial charge in [0.25, 0.3) is 0 Å². The number of likely N-dealkylation sites (tertiary alicyclic amines) is 1. The van der Waals surface area contributed by atoms with E-state index < -0.39 is 24.2 Å². The summed E-state index contributed by atoms with van der Waals surface area (Å²) in [5.41, 5.74) is 20.9. The highest BCUT2D eigenvalue weighted by Crippen LogP contribution is 2.30. The van der Waals surface area contributed by atoms with Crippen LogP contribution >= 0.6 is 0 Å². The molecule has 286 valence electrons. The summed E-state index contributed by atoms with van der Waals surface area (Å²) in [6, 6.07) is 15.1. The number of nitrogens with two attached hydrogens (primary N) is 3. The Bertz CT molecular complexity index is 1420. The smallest absolute Gasteiger partial charge is 0.245 e. The number of nitrogens with one attached hydrogen (secondary N) is 2. The van der Waals surface area contributed by atoms with E-state index >= 15 is 0 Å². The Hall–Kier alpha value is -3.64. The van der Waals surface area contributed by atoms with Gasteiger partial charge in [-0.25, -0.2) is 0 Å². The van der Waals surface area contributed by atoms with Crippen molar-refractivity contribution in [3.05, 3.63) is 65.7 Å². The lowest BCUT2D eigenvalue weighted by molar-refractivity contribution is -0.141. The number of ketones is 1. The van der Waals surface area contributed by atoms with Crippen LogP contribution in [0.4, 0.5) is 5.69 Å². The molecule has 4 rings (SSSR count). The Labute approximate surface area is 310 Å². The van der Waals surface area contributed by atoms with E-state index in [0.717, 1.165) is 42.5 Å². The number of benzene rings is 2.